The number of hydroxylamine groups is 1. The van der Waals surface area contributed by atoms with Crippen molar-refractivity contribution >= 4 is 5.91 Å². The van der Waals surface area contributed by atoms with Gasteiger partial charge >= 0.3 is 51.4 Å². The summed E-state index contributed by atoms with van der Waals surface area (Å²) in [4.78, 5) is 10.0. The third kappa shape index (κ3) is 9.03. The zero-order chi connectivity index (χ0) is 6.57. The number of nitrogens with one attached hydrogen (secondary N) is 1. The first-order valence-electron chi connectivity index (χ1n) is 2.26. The molecule has 0 aliphatic heterocycles. The summed E-state index contributed by atoms with van der Waals surface area (Å²) < 4.78 is 0. The van der Waals surface area contributed by atoms with Crippen LogP contribution in [0.25, 0.3) is 0 Å². The molecule has 0 aromatic carbocycles. The van der Waals surface area contributed by atoms with Gasteiger partial charge in [0.05, 0.1) is 12.5 Å². The fourth-order valence-corrected chi connectivity index (χ4v) is 0.310. The number of aliphatic hydroxyl groups excluding tert-OH is 1. The van der Waals surface area contributed by atoms with Crippen LogP contribution in [0, 0.1) is 5.21 Å². The molecule has 0 aliphatic rings. The molecular formula is C4H8KNO3. The quantitative estimate of drug-likeness (QED) is 0.321. The zero-order valence-corrected chi connectivity index (χ0v) is 8.67. The fraction of sp³-hybridized carbons (Fsp3) is 0.750. The number of carbonyl (C=O) groups is 1. The molecular weight excluding hydrogens is 149 g/mol. The molecule has 0 radical (unpaired) electrons. The molecule has 0 fully saturated rings. The second-order valence-corrected chi connectivity index (χ2v) is 1.58. The number of amides is 1. The van der Waals surface area contributed by atoms with Crippen molar-refractivity contribution in [2.75, 3.05) is 0 Å². The first-order chi connectivity index (χ1) is 3.66. The maximum absolute atomic E-state index is 10.0. The molecule has 0 bridgehead atoms. The molecule has 0 heterocycles. The summed E-state index contributed by atoms with van der Waals surface area (Å²) in [5.74, 6) is -0.681. The Hall–Kier alpha value is 1.03. The van der Waals surface area contributed by atoms with Crippen molar-refractivity contribution in [1.82, 2.24) is 5.48 Å². The summed E-state index contributed by atoms with van der Waals surface area (Å²) in [6, 6.07) is 0. The third-order valence-corrected chi connectivity index (χ3v) is 0.595. The van der Waals surface area contributed by atoms with Crippen molar-refractivity contribution in [2.24, 2.45) is 0 Å². The Kier molecular flexibility index (Phi) is 10.1. The Morgan fingerprint density at radius 3 is 2.44 bits per heavy atom. The Morgan fingerprint density at radius 1 is 1.89 bits per heavy atom. The molecule has 0 spiro atoms. The molecule has 4 nitrogen and oxygen atoms in total. The van der Waals surface area contributed by atoms with Gasteiger partial charge in [-0.2, -0.15) is 0 Å². The van der Waals surface area contributed by atoms with Crippen molar-refractivity contribution in [3.63, 3.8) is 0 Å². The van der Waals surface area contributed by atoms with Crippen LogP contribution in [0.1, 0.15) is 13.3 Å². The van der Waals surface area contributed by atoms with Crippen molar-refractivity contribution in [3.8, 4) is 0 Å². The van der Waals surface area contributed by atoms with Crippen LogP contribution in [0.15, 0.2) is 0 Å². The molecule has 48 valence electrons. The maximum Gasteiger partial charge on any atom is 1.00 e. The van der Waals surface area contributed by atoms with Gasteiger partial charge in [0.2, 0.25) is 5.91 Å². The number of aliphatic hydroxyl groups is 1. The molecule has 0 aliphatic carbocycles. The standard InChI is InChI=1S/C4H8NO3.K/c1-3(6)2-4(7)5-8;/h3,6H,2H2,1H3,(H-,5,7,8);/q-1;+1. The van der Waals surface area contributed by atoms with E-state index in [1.165, 1.54) is 6.92 Å². The van der Waals surface area contributed by atoms with Crippen molar-refractivity contribution in [1.29, 1.82) is 0 Å². The predicted octanol–water partition coefficient (Wildman–Crippen LogP) is -3.62. The van der Waals surface area contributed by atoms with E-state index in [-0.39, 0.29) is 57.8 Å². The van der Waals surface area contributed by atoms with Gasteiger partial charge in [-0.25, -0.2) is 0 Å². The number of hydrogen-bond donors (Lipinski definition) is 2. The molecule has 0 saturated heterocycles. The molecule has 0 rings (SSSR count). The third-order valence-electron chi connectivity index (χ3n) is 0.595. The summed E-state index contributed by atoms with van der Waals surface area (Å²) in [7, 11) is 0. The van der Waals surface area contributed by atoms with Crippen LogP contribution >= 0.6 is 0 Å². The molecule has 1 atom stereocenters. The van der Waals surface area contributed by atoms with Gasteiger partial charge in [-0.15, -0.1) is 0 Å². The molecule has 9 heavy (non-hydrogen) atoms. The Morgan fingerprint density at radius 2 is 2.33 bits per heavy atom. The summed E-state index contributed by atoms with van der Waals surface area (Å²) in [6.07, 6.45) is -0.854. The van der Waals surface area contributed by atoms with Crippen LogP contribution in [0.2, 0.25) is 0 Å². The maximum atomic E-state index is 10.0. The van der Waals surface area contributed by atoms with Gasteiger partial charge in [0.15, 0.2) is 0 Å². The van der Waals surface area contributed by atoms with Crippen LogP contribution in [0.3, 0.4) is 0 Å². The summed E-state index contributed by atoms with van der Waals surface area (Å²) in [5.41, 5.74) is 1.15. The topological polar surface area (TPSA) is 72.4 Å². The Labute approximate surface area is 96.0 Å². The SMILES string of the molecule is CC(O)CC(=O)N[O-].[K+]. The predicted molar refractivity (Wildman–Crippen MR) is 27.8 cm³/mol. The fourth-order valence-electron chi connectivity index (χ4n) is 0.310. The molecule has 2 N–H and O–H groups in total. The van der Waals surface area contributed by atoms with Gasteiger partial charge < -0.3 is 15.8 Å². The average molecular weight is 157 g/mol. The Bertz CT molecular complexity index is 85.9. The molecule has 5 heteroatoms. The van der Waals surface area contributed by atoms with E-state index in [0.717, 1.165) is 5.48 Å². The van der Waals surface area contributed by atoms with E-state index in [1.807, 2.05) is 0 Å². The van der Waals surface area contributed by atoms with Gasteiger partial charge in [0.25, 0.3) is 0 Å². The van der Waals surface area contributed by atoms with Crippen molar-refractivity contribution in [2.45, 2.75) is 19.4 Å². The van der Waals surface area contributed by atoms with E-state index < -0.39 is 12.0 Å². The Balaban J connectivity index is 0. The van der Waals surface area contributed by atoms with E-state index >= 15 is 0 Å². The van der Waals surface area contributed by atoms with Crippen LogP contribution in [-0.4, -0.2) is 17.1 Å². The van der Waals surface area contributed by atoms with Crippen LogP contribution in [0.4, 0.5) is 0 Å². The molecule has 1 unspecified atom stereocenters. The second-order valence-electron chi connectivity index (χ2n) is 1.58. The minimum atomic E-state index is -0.732. The average Bonchev–Trinajstić information content (AvgIpc) is 1.65. The number of rotatable bonds is 2. The molecule has 0 saturated carbocycles. The van der Waals surface area contributed by atoms with E-state index in [1.54, 1.807) is 0 Å². The van der Waals surface area contributed by atoms with Crippen LogP contribution in [-0.2, 0) is 4.79 Å². The van der Waals surface area contributed by atoms with Crippen molar-refractivity contribution in [3.05, 3.63) is 5.21 Å². The monoisotopic (exact) mass is 157 g/mol. The molecule has 0 aromatic heterocycles. The van der Waals surface area contributed by atoms with Gasteiger partial charge in [-0.1, -0.05) is 0 Å². The van der Waals surface area contributed by atoms with Gasteiger partial charge in [-0.05, 0) is 6.92 Å². The van der Waals surface area contributed by atoms with E-state index in [0.29, 0.717) is 0 Å². The smallest absolute Gasteiger partial charge is 0.759 e. The first-order valence-corrected chi connectivity index (χ1v) is 2.26. The van der Waals surface area contributed by atoms with Gasteiger partial charge in [0, 0.05) is 0 Å². The molecule has 1 amide bonds. The van der Waals surface area contributed by atoms with E-state index in [4.69, 9.17) is 5.11 Å². The summed E-state index contributed by atoms with van der Waals surface area (Å²) in [5, 5.41) is 17.9. The van der Waals surface area contributed by atoms with E-state index in [9.17, 15) is 10.0 Å². The van der Waals surface area contributed by atoms with Gasteiger partial charge in [-0.3, -0.25) is 4.79 Å². The second kappa shape index (κ2) is 7.14. The minimum absolute atomic E-state index is 0. The van der Waals surface area contributed by atoms with Crippen molar-refractivity contribution < 1.29 is 61.3 Å². The number of hydrogen-bond acceptors (Lipinski definition) is 3. The van der Waals surface area contributed by atoms with Crippen LogP contribution in [0.5, 0.6) is 0 Å². The van der Waals surface area contributed by atoms with Gasteiger partial charge in [0.1, 0.15) is 0 Å². The first kappa shape index (κ1) is 12.7. The summed E-state index contributed by atoms with van der Waals surface area (Å²) in [6.45, 7) is 1.44. The van der Waals surface area contributed by atoms with Crippen LogP contribution < -0.4 is 56.9 Å². The largest absolute Gasteiger partial charge is 1.00 e. The minimum Gasteiger partial charge on any atom is -0.759 e. The number of carbonyl (C=O) groups excluding carboxylic acids is 1. The molecule has 0 aromatic rings. The normalized spacial score (nSPS) is 11.4. The summed E-state index contributed by atoms with van der Waals surface area (Å²) >= 11 is 0. The van der Waals surface area contributed by atoms with E-state index in [2.05, 4.69) is 0 Å². The zero-order valence-electron chi connectivity index (χ0n) is 5.55.